The number of hydrogen-bond donors (Lipinski definition) is 1. The third kappa shape index (κ3) is 2.37. The summed E-state index contributed by atoms with van der Waals surface area (Å²) in [6.45, 7) is 3.39. The molecule has 0 spiro atoms. The van der Waals surface area contributed by atoms with E-state index in [1.54, 1.807) is 6.92 Å². The van der Waals surface area contributed by atoms with Gasteiger partial charge in [0.05, 0.1) is 0 Å². The average molecular weight is 287 g/mol. The summed E-state index contributed by atoms with van der Waals surface area (Å²) in [7, 11) is -3.80. The Bertz CT molecular complexity index is 574. The molecular weight excluding hydrogens is 270 g/mol. The van der Waals surface area contributed by atoms with Gasteiger partial charge in [-0.1, -0.05) is 11.6 Å². The first-order chi connectivity index (χ1) is 8.85. The van der Waals surface area contributed by atoms with Crippen LogP contribution in [0.15, 0.2) is 9.42 Å². The van der Waals surface area contributed by atoms with E-state index in [9.17, 15) is 13.2 Å². The first kappa shape index (κ1) is 14.0. The van der Waals surface area contributed by atoms with Crippen LogP contribution in [0.4, 0.5) is 0 Å². The van der Waals surface area contributed by atoms with Gasteiger partial charge in [0.15, 0.2) is 5.76 Å². The van der Waals surface area contributed by atoms with Crippen LogP contribution in [0.5, 0.6) is 0 Å². The Kier molecular flexibility index (Phi) is 3.64. The van der Waals surface area contributed by atoms with Crippen molar-refractivity contribution >= 4 is 15.9 Å². The van der Waals surface area contributed by atoms with E-state index in [0.717, 1.165) is 6.42 Å². The molecule has 0 aliphatic carbocycles. The molecule has 1 aliphatic rings. The zero-order valence-corrected chi connectivity index (χ0v) is 11.7. The van der Waals surface area contributed by atoms with E-state index in [4.69, 9.17) is 10.3 Å². The molecule has 19 heavy (non-hydrogen) atoms. The Morgan fingerprint density at radius 3 is 2.63 bits per heavy atom. The summed E-state index contributed by atoms with van der Waals surface area (Å²) >= 11 is 0. The minimum Gasteiger partial charge on any atom is -0.368 e. The van der Waals surface area contributed by atoms with Gasteiger partial charge in [-0.15, -0.1) is 0 Å². The predicted octanol–water partition coefficient (Wildman–Crippen LogP) is 0.320. The Morgan fingerprint density at radius 1 is 1.42 bits per heavy atom. The summed E-state index contributed by atoms with van der Waals surface area (Å²) < 4.78 is 31.3. The van der Waals surface area contributed by atoms with Crippen molar-refractivity contribution in [1.82, 2.24) is 9.46 Å². The topological polar surface area (TPSA) is 106 Å². The molecule has 7 nitrogen and oxygen atoms in total. The number of carbonyl (C=O) groups is 1. The molecule has 2 rings (SSSR count). The van der Waals surface area contributed by atoms with Crippen LogP contribution in [0.1, 0.15) is 30.7 Å². The maximum Gasteiger partial charge on any atom is 0.249 e. The predicted molar refractivity (Wildman–Crippen MR) is 66.7 cm³/mol. The van der Waals surface area contributed by atoms with Gasteiger partial charge in [-0.3, -0.25) is 4.79 Å². The molecule has 0 bridgehead atoms. The normalized spacial score (nSPS) is 21.5. The van der Waals surface area contributed by atoms with Crippen LogP contribution in [0.3, 0.4) is 0 Å². The monoisotopic (exact) mass is 287 g/mol. The Labute approximate surface area is 111 Å². The number of aromatic nitrogens is 1. The van der Waals surface area contributed by atoms with E-state index >= 15 is 0 Å². The van der Waals surface area contributed by atoms with Crippen molar-refractivity contribution < 1.29 is 17.7 Å². The molecule has 1 saturated heterocycles. The number of hydrogen-bond acceptors (Lipinski definition) is 5. The van der Waals surface area contributed by atoms with Crippen molar-refractivity contribution in [3.05, 3.63) is 11.5 Å². The third-order valence-electron chi connectivity index (χ3n) is 3.32. The van der Waals surface area contributed by atoms with Crippen LogP contribution in [-0.4, -0.2) is 36.4 Å². The molecule has 1 atom stereocenters. The van der Waals surface area contributed by atoms with Crippen molar-refractivity contribution in [2.24, 2.45) is 5.73 Å². The van der Waals surface area contributed by atoms with E-state index < -0.39 is 22.0 Å². The lowest BCUT2D eigenvalue weighted by molar-refractivity contribution is -0.122. The largest absolute Gasteiger partial charge is 0.368 e. The van der Waals surface area contributed by atoms with Crippen LogP contribution in [-0.2, 0) is 14.8 Å². The summed E-state index contributed by atoms with van der Waals surface area (Å²) in [5.41, 5.74) is 5.60. The van der Waals surface area contributed by atoms with E-state index in [0.29, 0.717) is 25.1 Å². The molecule has 0 radical (unpaired) electrons. The van der Waals surface area contributed by atoms with E-state index in [1.165, 1.54) is 11.2 Å². The lowest BCUT2D eigenvalue weighted by Crippen LogP contribution is -2.50. The van der Waals surface area contributed by atoms with Gasteiger partial charge in [0, 0.05) is 6.54 Å². The second-order valence-corrected chi connectivity index (χ2v) is 6.51. The maximum atomic E-state index is 12.6. The van der Waals surface area contributed by atoms with Gasteiger partial charge in [-0.2, -0.15) is 4.31 Å². The summed E-state index contributed by atoms with van der Waals surface area (Å²) in [6, 6.07) is -0.785. The van der Waals surface area contributed by atoms with Gasteiger partial charge in [-0.25, -0.2) is 8.42 Å². The number of nitrogens with two attached hydrogens (primary N) is 1. The van der Waals surface area contributed by atoms with Crippen LogP contribution in [0, 0.1) is 13.8 Å². The van der Waals surface area contributed by atoms with Crippen molar-refractivity contribution in [3.63, 3.8) is 0 Å². The number of amides is 1. The number of primary amides is 1. The molecule has 2 heterocycles. The lowest BCUT2D eigenvalue weighted by atomic mass is 10.0. The fourth-order valence-corrected chi connectivity index (χ4v) is 4.40. The van der Waals surface area contributed by atoms with Gasteiger partial charge < -0.3 is 10.3 Å². The second-order valence-electron chi connectivity index (χ2n) is 4.68. The number of rotatable bonds is 3. The first-order valence-electron chi connectivity index (χ1n) is 6.09. The smallest absolute Gasteiger partial charge is 0.249 e. The van der Waals surface area contributed by atoms with Gasteiger partial charge in [-0.05, 0) is 26.7 Å². The summed E-state index contributed by atoms with van der Waals surface area (Å²) in [5, 5.41) is 3.65. The van der Waals surface area contributed by atoms with Gasteiger partial charge in [0.2, 0.25) is 15.9 Å². The average Bonchev–Trinajstić information content (AvgIpc) is 2.69. The maximum absolute atomic E-state index is 12.6. The van der Waals surface area contributed by atoms with E-state index in [-0.39, 0.29) is 10.7 Å². The van der Waals surface area contributed by atoms with Crippen LogP contribution >= 0.6 is 0 Å². The molecule has 8 heteroatoms. The second kappa shape index (κ2) is 4.93. The molecule has 1 aromatic rings. The Hall–Kier alpha value is -1.41. The molecule has 1 fully saturated rings. The third-order valence-corrected chi connectivity index (χ3v) is 5.47. The Morgan fingerprint density at radius 2 is 2.11 bits per heavy atom. The molecule has 1 amide bonds. The summed E-state index contributed by atoms with van der Waals surface area (Å²) in [5.74, 6) is -0.388. The van der Waals surface area contributed by atoms with Crippen LogP contribution in [0.25, 0.3) is 0 Å². The van der Waals surface area contributed by atoms with Crippen LogP contribution in [0.2, 0.25) is 0 Å². The highest BCUT2D eigenvalue weighted by molar-refractivity contribution is 7.89. The van der Waals surface area contributed by atoms with Crippen LogP contribution < -0.4 is 5.73 Å². The van der Waals surface area contributed by atoms with Crippen molar-refractivity contribution in [2.45, 2.75) is 44.0 Å². The first-order valence-corrected chi connectivity index (χ1v) is 7.53. The number of nitrogens with zero attached hydrogens (tertiary/aromatic N) is 2. The molecule has 1 aliphatic heterocycles. The van der Waals surface area contributed by atoms with Crippen molar-refractivity contribution in [3.8, 4) is 0 Å². The zero-order chi connectivity index (χ0) is 14.2. The van der Waals surface area contributed by atoms with Gasteiger partial charge >= 0.3 is 0 Å². The van der Waals surface area contributed by atoms with Crippen molar-refractivity contribution in [1.29, 1.82) is 0 Å². The molecule has 0 saturated carbocycles. The number of aryl methyl sites for hydroxylation is 2. The summed E-state index contributed by atoms with van der Waals surface area (Å²) in [6.07, 6.45) is 1.96. The van der Waals surface area contributed by atoms with Crippen molar-refractivity contribution in [2.75, 3.05) is 6.54 Å². The quantitative estimate of drug-likeness (QED) is 0.861. The lowest BCUT2D eigenvalue weighted by Gasteiger charge is -2.32. The number of carbonyl (C=O) groups excluding carboxylic acids is 1. The minimum atomic E-state index is -3.80. The molecule has 0 unspecified atom stereocenters. The minimum absolute atomic E-state index is 0.0423. The Balaban J connectivity index is 2.46. The number of piperidine rings is 1. The highest BCUT2D eigenvalue weighted by Crippen LogP contribution is 2.28. The molecule has 1 aromatic heterocycles. The highest BCUT2D eigenvalue weighted by Gasteiger charge is 2.39. The fourth-order valence-electron chi connectivity index (χ4n) is 2.44. The van der Waals surface area contributed by atoms with Gasteiger partial charge in [0.1, 0.15) is 16.6 Å². The van der Waals surface area contributed by atoms with Gasteiger partial charge in [0.25, 0.3) is 0 Å². The standard InChI is InChI=1S/C11H17N3O4S/c1-7-10(8(2)18-13-7)19(16,17)14-6-4-3-5-9(14)11(12)15/h9H,3-6H2,1-2H3,(H2,12,15)/t9-/m1/s1. The zero-order valence-electron chi connectivity index (χ0n) is 10.9. The highest BCUT2D eigenvalue weighted by atomic mass is 32.2. The fraction of sp³-hybridized carbons (Fsp3) is 0.636. The summed E-state index contributed by atoms with van der Waals surface area (Å²) in [4.78, 5) is 11.5. The molecular formula is C11H17N3O4S. The van der Waals surface area contributed by atoms with E-state index in [2.05, 4.69) is 5.16 Å². The molecule has 0 aromatic carbocycles. The SMILES string of the molecule is Cc1noc(C)c1S(=O)(=O)N1CCCC[C@@H]1C(N)=O. The number of sulfonamides is 1. The molecule has 106 valence electrons. The van der Waals surface area contributed by atoms with E-state index in [1.807, 2.05) is 0 Å². The molecule has 2 N–H and O–H groups in total.